The van der Waals surface area contributed by atoms with Crippen molar-refractivity contribution in [1.29, 1.82) is 0 Å². The first kappa shape index (κ1) is 16.1. The zero-order valence-corrected chi connectivity index (χ0v) is 14.1. The summed E-state index contributed by atoms with van der Waals surface area (Å²) >= 11 is 7.94. The van der Waals surface area contributed by atoms with Crippen LogP contribution in [0.5, 0.6) is 11.5 Å². The van der Waals surface area contributed by atoms with Crippen molar-refractivity contribution in [3.63, 3.8) is 0 Å². The standard InChI is InChI=1S/C16H20ClNO2S/c1-4-8-18-15(16-14(20-3)7-9-21-16)11-5-6-13(19-2)12(17)10-11/h5-7,9-10,15,18H,4,8H2,1-3H3. The molecule has 1 N–H and O–H groups in total. The van der Waals surface area contributed by atoms with Crippen LogP contribution in [0.3, 0.4) is 0 Å². The van der Waals surface area contributed by atoms with Crippen molar-refractivity contribution in [1.82, 2.24) is 5.32 Å². The summed E-state index contributed by atoms with van der Waals surface area (Å²) in [6, 6.07) is 7.96. The van der Waals surface area contributed by atoms with Crippen molar-refractivity contribution in [2.45, 2.75) is 19.4 Å². The summed E-state index contributed by atoms with van der Waals surface area (Å²) in [6.45, 7) is 3.08. The van der Waals surface area contributed by atoms with Crippen LogP contribution in [0.25, 0.3) is 0 Å². The second-order valence-corrected chi connectivity index (χ2v) is 5.99. The van der Waals surface area contributed by atoms with Gasteiger partial charge in [0.25, 0.3) is 0 Å². The van der Waals surface area contributed by atoms with E-state index < -0.39 is 0 Å². The van der Waals surface area contributed by atoms with Crippen LogP contribution in [0.4, 0.5) is 0 Å². The molecule has 114 valence electrons. The Bertz CT molecular complexity index is 585. The van der Waals surface area contributed by atoms with Crippen molar-refractivity contribution < 1.29 is 9.47 Å². The highest BCUT2D eigenvalue weighted by Crippen LogP contribution is 2.37. The van der Waals surface area contributed by atoms with Crippen molar-refractivity contribution >= 4 is 22.9 Å². The van der Waals surface area contributed by atoms with E-state index in [9.17, 15) is 0 Å². The monoisotopic (exact) mass is 325 g/mol. The maximum absolute atomic E-state index is 6.26. The van der Waals surface area contributed by atoms with E-state index in [4.69, 9.17) is 21.1 Å². The van der Waals surface area contributed by atoms with Gasteiger partial charge in [0.15, 0.2) is 0 Å². The summed E-state index contributed by atoms with van der Waals surface area (Å²) < 4.78 is 10.7. The largest absolute Gasteiger partial charge is 0.496 e. The Kier molecular flexibility index (Phi) is 5.91. The maximum atomic E-state index is 6.26. The normalized spacial score (nSPS) is 12.2. The Balaban J connectivity index is 2.38. The quantitative estimate of drug-likeness (QED) is 0.812. The summed E-state index contributed by atoms with van der Waals surface area (Å²) in [5.74, 6) is 1.59. The second-order valence-electron chi connectivity index (χ2n) is 4.63. The van der Waals surface area contributed by atoms with E-state index in [2.05, 4.69) is 12.2 Å². The molecule has 0 bridgehead atoms. The molecule has 0 spiro atoms. The third kappa shape index (κ3) is 3.70. The number of ether oxygens (including phenoxy) is 2. The van der Waals surface area contributed by atoms with Crippen LogP contribution >= 0.6 is 22.9 Å². The number of rotatable bonds is 7. The summed E-state index contributed by atoms with van der Waals surface area (Å²) in [6.07, 6.45) is 1.06. The van der Waals surface area contributed by atoms with Gasteiger partial charge >= 0.3 is 0 Å². The molecule has 1 aromatic carbocycles. The van der Waals surface area contributed by atoms with Gasteiger partial charge < -0.3 is 14.8 Å². The first-order valence-electron chi connectivity index (χ1n) is 6.89. The minimum atomic E-state index is 0.0725. The van der Waals surface area contributed by atoms with Crippen LogP contribution in [-0.4, -0.2) is 20.8 Å². The number of hydrogen-bond donors (Lipinski definition) is 1. The number of methoxy groups -OCH3 is 2. The van der Waals surface area contributed by atoms with Gasteiger partial charge in [-0.15, -0.1) is 11.3 Å². The SMILES string of the molecule is CCCNC(c1ccc(OC)c(Cl)c1)c1sccc1OC. The second kappa shape index (κ2) is 7.69. The third-order valence-corrected chi connectivity index (χ3v) is 4.51. The van der Waals surface area contributed by atoms with E-state index in [-0.39, 0.29) is 6.04 Å². The van der Waals surface area contributed by atoms with Crippen LogP contribution in [0.15, 0.2) is 29.6 Å². The molecule has 0 aliphatic rings. The molecular formula is C16H20ClNO2S. The molecule has 21 heavy (non-hydrogen) atoms. The molecule has 0 aliphatic heterocycles. The van der Waals surface area contributed by atoms with Crippen molar-refractivity contribution in [3.8, 4) is 11.5 Å². The number of thiophene rings is 1. The fourth-order valence-electron chi connectivity index (χ4n) is 2.20. The molecule has 0 saturated heterocycles. The zero-order valence-electron chi connectivity index (χ0n) is 12.5. The molecule has 5 heteroatoms. The highest BCUT2D eigenvalue weighted by atomic mass is 35.5. The van der Waals surface area contributed by atoms with Crippen LogP contribution < -0.4 is 14.8 Å². The van der Waals surface area contributed by atoms with Crippen molar-refractivity contribution in [2.75, 3.05) is 20.8 Å². The molecule has 2 aromatic rings. The molecule has 3 nitrogen and oxygen atoms in total. The van der Waals surface area contributed by atoms with Gasteiger partial charge in [0.1, 0.15) is 11.5 Å². The molecular weight excluding hydrogens is 306 g/mol. The van der Waals surface area contributed by atoms with Gasteiger partial charge in [0.05, 0.1) is 30.2 Å². The Morgan fingerprint density at radius 3 is 2.57 bits per heavy atom. The Morgan fingerprint density at radius 1 is 1.19 bits per heavy atom. The topological polar surface area (TPSA) is 30.5 Å². The predicted molar refractivity (Wildman–Crippen MR) is 89.0 cm³/mol. The number of hydrogen-bond acceptors (Lipinski definition) is 4. The number of benzene rings is 1. The minimum Gasteiger partial charge on any atom is -0.496 e. The molecule has 0 aliphatic carbocycles. The fraction of sp³-hybridized carbons (Fsp3) is 0.375. The lowest BCUT2D eigenvalue weighted by Crippen LogP contribution is -2.22. The molecule has 1 unspecified atom stereocenters. The van der Waals surface area contributed by atoms with E-state index >= 15 is 0 Å². The summed E-state index contributed by atoms with van der Waals surface area (Å²) in [7, 11) is 3.32. The minimum absolute atomic E-state index is 0.0725. The molecule has 0 saturated carbocycles. The average Bonchev–Trinajstić information content (AvgIpc) is 2.96. The molecule has 1 aromatic heterocycles. The van der Waals surface area contributed by atoms with Gasteiger partial charge in [-0.25, -0.2) is 0 Å². The first-order valence-corrected chi connectivity index (χ1v) is 8.15. The Hall–Kier alpha value is -1.23. The number of nitrogens with one attached hydrogen (secondary N) is 1. The Morgan fingerprint density at radius 2 is 1.95 bits per heavy atom. The number of halogens is 1. The molecule has 1 heterocycles. The van der Waals surface area contributed by atoms with E-state index in [0.29, 0.717) is 10.8 Å². The van der Waals surface area contributed by atoms with Gasteiger partial charge in [-0.2, -0.15) is 0 Å². The van der Waals surface area contributed by atoms with Crippen LogP contribution in [0.1, 0.15) is 29.8 Å². The van der Waals surface area contributed by atoms with Gasteiger partial charge in [-0.1, -0.05) is 24.6 Å². The highest BCUT2D eigenvalue weighted by Gasteiger charge is 2.20. The van der Waals surface area contributed by atoms with Gasteiger partial charge in [0.2, 0.25) is 0 Å². The molecule has 0 fully saturated rings. The lowest BCUT2D eigenvalue weighted by molar-refractivity contribution is 0.407. The third-order valence-electron chi connectivity index (χ3n) is 3.25. The lowest BCUT2D eigenvalue weighted by atomic mass is 10.0. The van der Waals surface area contributed by atoms with E-state index in [1.807, 2.05) is 29.6 Å². The average molecular weight is 326 g/mol. The van der Waals surface area contributed by atoms with Crippen LogP contribution in [0.2, 0.25) is 5.02 Å². The summed E-state index contributed by atoms with van der Waals surface area (Å²) in [4.78, 5) is 1.16. The van der Waals surface area contributed by atoms with Gasteiger partial charge in [-0.3, -0.25) is 0 Å². The smallest absolute Gasteiger partial charge is 0.137 e. The van der Waals surface area contributed by atoms with Crippen molar-refractivity contribution in [3.05, 3.63) is 45.1 Å². The van der Waals surface area contributed by atoms with E-state index in [0.717, 1.165) is 29.2 Å². The van der Waals surface area contributed by atoms with Crippen molar-refractivity contribution in [2.24, 2.45) is 0 Å². The van der Waals surface area contributed by atoms with Crippen LogP contribution in [-0.2, 0) is 0 Å². The zero-order chi connectivity index (χ0) is 15.2. The molecule has 0 radical (unpaired) electrons. The fourth-order valence-corrected chi connectivity index (χ4v) is 3.43. The van der Waals surface area contributed by atoms with Gasteiger partial charge in [-0.05, 0) is 42.1 Å². The van der Waals surface area contributed by atoms with E-state index in [1.54, 1.807) is 25.6 Å². The van der Waals surface area contributed by atoms with Crippen LogP contribution in [0, 0.1) is 0 Å². The Labute approximate surface area is 134 Å². The highest BCUT2D eigenvalue weighted by molar-refractivity contribution is 7.10. The van der Waals surface area contributed by atoms with Gasteiger partial charge in [0, 0.05) is 0 Å². The summed E-state index contributed by atoms with van der Waals surface area (Å²) in [5.41, 5.74) is 1.11. The lowest BCUT2D eigenvalue weighted by Gasteiger charge is -2.20. The van der Waals surface area contributed by atoms with E-state index in [1.165, 1.54) is 0 Å². The summed E-state index contributed by atoms with van der Waals surface area (Å²) in [5, 5.41) is 6.22. The first-order chi connectivity index (χ1) is 10.2. The predicted octanol–water partition coefficient (Wildman–Crippen LogP) is 4.51. The molecule has 0 amide bonds. The maximum Gasteiger partial charge on any atom is 0.137 e. The molecule has 2 rings (SSSR count). The molecule has 1 atom stereocenters.